The predicted octanol–water partition coefficient (Wildman–Crippen LogP) is 4.41. The Hall–Kier alpha value is -2.81. The number of rotatable bonds is 5. The molecule has 2 aliphatic heterocycles. The van der Waals surface area contributed by atoms with Crippen LogP contribution in [0.2, 0.25) is 0 Å². The molecule has 2 aromatic rings. The molecule has 0 saturated carbocycles. The van der Waals surface area contributed by atoms with E-state index in [0.29, 0.717) is 42.6 Å². The van der Waals surface area contributed by atoms with Gasteiger partial charge in [0.2, 0.25) is 5.75 Å². The number of carbonyl (C=O) groups excluding carboxylic acids is 1. The number of hydrogen-bond donors (Lipinski definition) is 0. The number of benzene rings is 2. The van der Waals surface area contributed by atoms with Crippen LogP contribution in [0.1, 0.15) is 48.0 Å². The van der Waals surface area contributed by atoms with Gasteiger partial charge in [0.15, 0.2) is 11.5 Å². The van der Waals surface area contributed by atoms with Crippen LogP contribution in [-0.4, -0.2) is 88.6 Å². The van der Waals surface area contributed by atoms with Crippen molar-refractivity contribution in [3.63, 3.8) is 0 Å². The fourth-order valence-corrected chi connectivity index (χ4v) is 5.08. The summed E-state index contributed by atoms with van der Waals surface area (Å²) in [6, 6.07) is 13.7. The summed E-state index contributed by atoms with van der Waals surface area (Å²) in [5.74, 6) is 1.01. The van der Waals surface area contributed by atoms with Crippen LogP contribution < -0.4 is 14.2 Å². The first kappa shape index (κ1) is 28.2. The van der Waals surface area contributed by atoms with Crippen molar-refractivity contribution in [1.29, 1.82) is 0 Å². The van der Waals surface area contributed by atoms with E-state index in [1.807, 2.05) is 18.2 Å². The molecule has 0 N–H and O–H groups in total. The second kappa shape index (κ2) is 15.0. The molecule has 4 rings (SSSR count). The van der Waals surface area contributed by atoms with Crippen LogP contribution in [0.4, 0.5) is 0 Å². The molecule has 1 saturated heterocycles. The summed E-state index contributed by atoms with van der Waals surface area (Å²) in [4.78, 5) is 17.9. The maximum absolute atomic E-state index is 12.8. The van der Waals surface area contributed by atoms with Gasteiger partial charge in [-0.15, -0.1) is 0 Å². The Balaban J connectivity index is 1.48. The van der Waals surface area contributed by atoms with Crippen LogP contribution in [-0.2, 0) is 16.1 Å². The van der Waals surface area contributed by atoms with E-state index in [9.17, 15) is 4.79 Å². The Bertz CT molecular complexity index is 1000. The van der Waals surface area contributed by atoms with Gasteiger partial charge in [-0.1, -0.05) is 30.3 Å². The third-order valence-electron chi connectivity index (χ3n) is 7.24. The fraction of sp³-hybridized carbons (Fsp3) is 0.567. The van der Waals surface area contributed by atoms with Crippen molar-refractivity contribution in [3.8, 4) is 17.2 Å². The van der Waals surface area contributed by atoms with Crippen LogP contribution in [0.15, 0.2) is 42.5 Å². The lowest BCUT2D eigenvalue weighted by Gasteiger charge is -2.25. The summed E-state index contributed by atoms with van der Waals surface area (Å²) in [6.45, 7) is 7.69. The molecule has 0 amide bonds. The zero-order chi connectivity index (χ0) is 26.6. The molecule has 0 spiro atoms. The van der Waals surface area contributed by atoms with Gasteiger partial charge < -0.3 is 33.5 Å². The molecule has 3 unspecified atom stereocenters. The highest BCUT2D eigenvalue weighted by Gasteiger charge is 2.21. The van der Waals surface area contributed by atoms with Crippen LogP contribution in [0.5, 0.6) is 17.2 Å². The van der Waals surface area contributed by atoms with E-state index in [0.717, 1.165) is 71.4 Å². The van der Waals surface area contributed by atoms with Gasteiger partial charge in [0.1, 0.15) is 0 Å². The smallest absolute Gasteiger partial charge is 0.338 e. The van der Waals surface area contributed by atoms with E-state index >= 15 is 0 Å². The number of cyclic esters (lactones) is 1. The van der Waals surface area contributed by atoms with E-state index in [1.165, 1.54) is 5.56 Å². The largest absolute Gasteiger partial charge is 0.493 e. The lowest BCUT2D eigenvalue weighted by atomic mass is 10.1. The van der Waals surface area contributed by atoms with Gasteiger partial charge in [-0.3, -0.25) is 0 Å². The number of nitrogens with zero attached hydrogens (tertiary/aromatic N) is 2. The number of ether oxygens (including phenoxy) is 5. The van der Waals surface area contributed by atoms with E-state index in [4.69, 9.17) is 23.7 Å². The Labute approximate surface area is 226 Å². The van der Waals surface area contributed by atoms with Gasteiger partial charge >= 0.3 is 5.97 Å². The topological polar surface area (TPSA) is 69.7 Å². The first-order chi connectivity index (χ1) is 18.7. The summed E-state index contributed by atoms with van der Waals surface area (Å²) in [5.41, 5.74) is 1.58. The van der Waals surface area contributed by atoms with Gasteiger partial charge in [0.25, 0.3) is 0 Å². The van der Waals surface area contributed by atoms with Crippen molar-refractivity contribution >= 4 is 5.97 Å². The molecule has 8 nitrogen and oxygen atoms in total. The van der Waals surface area contributed by atoms with Crippen molar-refractivity contribution < 1.29 is 28.5 Å². The molecule has 3 atom stereocenters. The van der Waals surface area contributed by atoms with Crippen molar-refractivity contribution in [2.75, 3.05) is 66.7 Å². The molecule has 2 aromatic carbocycles. The maximum Gasteiger partial charge on any atom is 0.338 e. The molecule has 8 heteroatoms. The van der Waals surface area contributed by atoms with Crippen LogP contribution in [0.3, 0.4) is 0 Å². The van der Waals surface area contributed by atoms with Crippen LogP contribution >= 0.6 is 0 Å². The van der Waals surface area contributed by atoms with Gasteiger partial charge in [0.05, 0.1) is 45.7 Å². The van der Waals surface area contributed by atoms with Gasteiger partial charge in [-0.2, -0.15) is 0 Å². The lowest BCUT2D eigenvalue weighted by Crippen LogP contribution is -2.33. The zero-order valence-corrected chi connectivity index (χ0v) is 22.9. The molecule has 38 heavy (non-hydrogen) atoms. The Kier molecular flexibility index (Phi) is 11.1. The molecule has 0 aromatic heterocycles. The lowest BCUT2D eigenvalue weighted by molar-refractivity contribution is 0.0196. The second-order valence-corrected chi connectivity index (χ2v) is 9.93. The third kappa shape index (κ3) is 8.35. The Morgan fingerprint density at radius 1 is 0.816 bits per heavy atom. The van der Waals surface area contributed by atoms with Crippen molar-refractivity contribution in [3.05, 3.63) is 53.6 Å². The summed E-state index contributed by atoms with van der Waals surface area (Å²) < 4.78 is 29.1. The minimum atomic E-state index is -0.384. The minimum absolute atomic E-state index is 0.137. The van der Waals surface area contributed by atoms with E-state index in [2.05, 4.69) is 21.9 Å². The monoisotopic (exact) mass is 526 g/mol. The number of esters is 1. The van der Waals surface area contributed by atoms with E-state index in [-0.39, 0.29) is 12.1 Å². The predicted molar refractivity (Wildman–Crippen MR) is 146 cm³/mol. The first-order valence-electron chi connectivity index (χ1n) is 13.8. The molecular formula is C30H42N2O6. The molecule has 2 heterocycles. The van der Waals surface area contributed by atoms with E-state index < -0.39 is 0 Å². The fourth-order valence-electron chi connectivity index (χ4n) is 5.08. The molecule has 4 bridgehead atoms. The number of carbonyl (C=O) groups is 1. The molecule has 208 valence electrons. The zero-order valence-electron chi connectivity index (χ0n) is 22.9. The third-order valence-corrected chi connectivity index (χ3v) is 7.24. The summed E-state index contributed by atoms with van der Waals surface area (Å²) >= 11 is 0. The molecule has 2 aliphatic rings. The summed E-state index contributed by atoms with van der Waals surface area (Å²) in [7, 11) is 3.12. The van der Waals surface area contributed by atoms with Crippen molar-refractivity contribution in [1.82, 2.24) is 9.80 Å². The Morgan fingerprint density at radius 2 is 1.55 bits per heavy atom. The molecular weight excluding hydrogens is 484 g/mol. The minimum Gasteiger partial charge on any atom is -0.493 e. The summed E-state index contributed by atoms with van der Waals surface area (Å²) in [6.07, 6.45) is 4.77. The average Bonchev–Trinajstić information content (AvgIpc) is 3.18. The number of methoxy groups -OCH3 is 2. The van der Waals surface area contributed by atoms with Crippen LogP contribution in [0, 0.1) is 0 Å². The van der Waals surface area contributed by atoms with E-state index in [1.54, 1.807) is 26.4 Å². The Morgan fingerprint density at radius 3 is 2.32 bits per heavy atom. The van der Waals surface area contributed by atoms with Crippen LogP contribution in [0.25, 0.3) is 0 Å². The number of hydrogen-bond acceptors (Lipinski definition) is 8. The highest BCUT2D eigenvalue weighted by Crippen LogP contribution is 2.38. The highest BCUT2D eigenvalue weighted by molar-refractivity contribution is 5.91. The SMILES string of the molecule is COc1cc2cc(c1OC)OCCCC(OCc1ccccc1)CCN1CCCN(CCCOC2=O)CC1. The standard InChI is InChI=1S/C30H42N2O6/c1-34-27-21-25-22-28(29(27)35-2)36-19-6-11-26(38-23-24-9-4-3-5-10-24)12-16-32-14-7-13-31(17-18-32)15-8-20-37-30(25)33/h3-5,9-10,21-22,26H,6-8,11-20,23H2,1-2H3. The number of fused-ring (bicyclic) bond motifs is 5. The normalized spacial score (nSPS) is 23.6. The summed E-state index contributed by atoms with van der Waals surface area (Å²) in [5, 5.41) is 0. The van der Waals surface area contributed by atoms with Crippen molar-refractivity contribution in [2.24, 2.45) is 0 Å². The molecule has 0 radical (unpaired) electrons. The first-order valence-corrected chi connectivity index (χ1v) is 13.8. The van der Waals surface area contributed by atoms with Crippen molar-refractivity contribution in [2.45, 2.75) is 44.8 Å². The second-order valence-electron chi connectivity index (χ2n) is 9.93. The van der Waals surface area contributed by atoms with Gasteiger partial charge in [0, 0.05) is 26.2 Å². The molecule has 0 aliphatic carbocycles. The average molecular weight is 527 g/mol. The van der Waals surface area contributed by atoms with Gasteiger partial charge in [-0.05, 0) is 62.9 Å². The van der Waals surface area contributed by atoms with Gasteiger partial charge in [-0.25, -0.2) is 4.79 Å². The molecule has 1 fully saturated rings. The quantitative estimate of drug-likeness (QED) is 0.531. The highest BCUT2D eigenvalue weighted by atomic mass is 16.5. The maximum atomic E-state index is 12.8.